The van der Waals surface area contributed by atoms with Gasteiger partial charge < -0.3 is 10.2 Å². The zero-order valence-corrected chi connectivity index (χ0v) is 15.8. The third-order valence-corrected chi connectivity index (χ3v) is 4.36. The molecule has 2 heterocycles. The van der Waals surface area contributed by atoms with E-state index in [4.69, 9.17) is 0 Å². The number of aryl methyl sites for hydroxylation is 2. The maximum atomic E-state index is 12.7. The van der Waals surface area contributed by atoms with Gasteiger partial charge in [-0.15, -0.1) is 0 Å². The lowest BCUT2D eigenvalue weighted by Crippen LogP contribution is -2.29. The largest absolute Gasteiger partial charge is 0.340 e. The molecule has 0 fully saturated rings. The molecule has 0 aliphatic heterocycles. The molecule has 3 aromatic rings. The van der Waals surface area contributed by atoms with E-state index in [9.17, 15) is 4.79 Å². The van der Waals surface area contributed by atoms with E-state index in [0.717, 1.165) is 23.2 Å². The summed E-state index contributed by atoms with van der Waals surface area (Å²) in [6, 6.07) is 11.7. The molecular formula is C21H23N5O. The van der Waals surface area contributed by atoms with Crippen molar-refractivity contribution in [3.05, 3.63) is 77.5 Å². The Labute approximate surface area is 159 Å². The Morgan fingerprint density at radius 1 is 1.07 bits per heavy atom. The lowest BCUT2D eigenvalue weighted by atomic mass is 10.1. The van der Waals surface area contributed by atoms with Gasteiger partial charge in [0.05, 0.1) is 0 Å². The highest BCUT2D eigenvalue weighted by Crippen LogP contribution is 2.20. The van der Waals surface area contributed by atoms with Gasteiger partial charge in [-0.1, -0.05) is 17.7 Å². The fourth-order valence-corrected chi connectivity index (χ4v) is 2.78. The molecule has 0 saturated heterocycles. The number of hydrogen-bond acceptors (Lipinski definition) is 5. The van der Waals surface area contributed by atoms with Gasteiger partial charge in [-0.05, 0) is 49.6 Å². The maximum absolute atomic E-state index is 12.7. The molecule has 1 amide bonds. The Hall–Kier alpha value is -3.28. The molecule has 1 aromatic carbocycles. The van der Waals surface area contributed by atoms with Gasteiger partial charge >= 0.3 is 0 Å². The van der Waals surface area contributed by atoms with Crippen LogP contribution in [-0.2, 0) is 6.42 Å². The van der Waals surface area contributed by atoms with Gasteiger partial charge in [-0.25, -0.2) is 9.97 Å². The summed E-state index contributed by atoms with van der Waals surface area (Å²) in [5, 5.41) is 3.26. The molecule has 0 bridgehead atoms. The molecule has 6 heteroatoms. The molecule has 0 unspecified atom stereocenters. The number of pyridine rings is 1. The summed E-state index contributed by atoms with van der Waals surface area (Å²) in [7, 11) is 1.78. The number of benzene rings is 1. The summed E-state index contributed by atoms with van der Waals surface area (Å²) in [6.07, 6.45) is 5.69. The van der Waals surface area contributed by atoms with Crippen molar-refractivity contribution in [1.82, 2.24) is 19.9 Å². The second-order valence-electron chi connectivity index (χ2n) is 6.56. The highest BCUT2D eigenvalue weighted by molar-refractivity contribution is 5.92. The van der Waals surface area contributed by atoms with Crippen molar-refractivity contribution in [3.8, 4) is 0 Å². The van der Waals surface area contributed by atoms with E-state index < -0.39 is 0 Å². The first kappa shape index (κ1) is 18.5. The highest BCUT2D eigenvalue weighted by Gasteiger charge is 2.14. The Bertz CT molecular complexity index is 927. The minimum Gasteiger partial charge on any atom is -0.340 e. The summed E-state index contributed by atoms with van der Waals surface area (Å²) in [4.78, 5) is 26.7. The normalized spacial score (nSPS) is 10.5. The van der Waals surface area contributed by atoms with E-state index in [1.54, 1.807) is 30.4 Å². The summed E-state index contributed by atoms with van der Waals surface area (Å²) in [6.45, 7) is 4.70. The molecule has 6 nitrogen and oxygen atoms in total. The number of nitrogens with zero attached hydrogens (tertiary/aromatic N) is 4. The summed E-state index contributed by atoms with van der Waals surface area (Å²) >= 11 is 0. The SMILES string of the molecule is Cc1ccc(Nc2cc(C(=O)N(C)CCc3ccncc3)ncn2)c(C)c1. The van der Waals surface area contributed by atoms with Crippen LogP contribution >= 0.6 is 0 Å². The molecular weight excluding hydrogens is 338 g/mol. The number of rotatable bonds is 6. The first-order valence-corrected chi connectivity index (χ1v) is 8.83. The van der Waals surface area contributed by atoms with E-state index >= 15 is 0 Å². The Morgan fingerprint density at radius 3 is 2.59 bits per heavy atom. The Morgan fingerprint density at radius 2 is 1.85 bits per heavy atom. The van der Waals surface area contributed by atoms with Crippen molar-refractivity contribution in [2.45, 2.75) is 20.3 Å². The second kappa shape index (κ2) is 8.40. The van der Waals surface area contributed by atoms with Crippen LogP contribution in [0.2, 0.25) is 0 Å². The molecule has 1 N–H and O–H groups in total. The minimum atomic E-state index is -0.130. The number of carbonyl (C=O) groups excluding carboxylic acids is 1. The van der Waals surface area contributed by atoms with Gasteiger partial charge in [0.2, 0.25) is 0 Å². The smallest absolute Gasteiger partial charge is 0.272 e. The zero-order chi connectivity index (χ0) is 19.2. The van der Waals surface area contributed by atoms with Crippen molar-refractivity contribution in [2.24, 2.45) is 0 Å². The number of nitrogens with one attached hydrogen (secondary N) is 1. The zero-order valence-electron chi connectivity index (χ0n) is 15.8. The topological polar surface area (TPSA) is 71.0 Å². The van der Waals surface area contributed by atoms with Gasteiger partial charge in [0.1, 0.15) is 17.8 Å². The molecule has 27 heavy (non-hydrogen) atoms. The summed E-state index contributed by atoms with van der Waals surface area (Å²) < 4.78 is 0. The molecule has 138 valence electrons. The van der Waals surface area contributed by atoms with E-state index in [2.05, 4.69) is 33.3 Å². The first-order valence-electron chi connectivity index (χ1n) is 8.83. The van der Waals surface area contributed by atoms with E-state index in [0.29, 0.717) is 18.1 Å². The van der Waals surface area contributed by atoms with Crippen molar-refractivity contribution in [2.75, 3.05) is 18.9 Å². The van der Waals surface area contributed by atoms with Gasteiger partial charge in [0, 0.05) is 37.7 Å². The maximum Gasteiger partial charge on any atom is 0.272 e. The van der Waals surface area contributed by atoms with Crippen molar-refractivity contribution >= 4 is 17.4 Å². The van der Waals surface area contributed by atoms with E-state index in [-0.39, 0.29) is 5.91 Å². The average molecular weight is 361 g/mol. The van der Waals surface area contributed by atoms with Crippen LogP contribution in [0.3, 0.4) is 0 Å². The van der Waals surface area contributed by atoms with E-state index in [1.807, 2.05) is 31.2 Å². The number of aromatic nitrogens is 3. The predicted octanol–water partition coefficient (Wildman–Crippen LogP) is 3.55. The summed E-state index contributed by atoms with van der Waals surface area (Å²) in [5.41, 5.74) is 4.80. The van der Waals surface area contributed by atoms with Crippen molar-refractivity contribution in [1.29, 1.82) is 0 Å². The third kappa shape index (κ3) is 4.88. The lowest BCUT2D eigenvalue weighted by molar-refractivity contribution is 0.0790. The van der Waals surface area contributed by atoms with Gasteiger partial charge in [-0.3, -0.25) is 9.78 Å². The number of carbonyl (C=O) groups is 1. The van der Waals surface area contributed by atoms with Crippen molar-refractivity contribution in [3.63, 3.8) is 0 Å². The van der Waals surface area contributed by atoms with Gasteiger partial charge in [0.25, 0.3) is 5.91 Å². The minimum absolute atomic E-state index is 0.130. The van der Waals surface area contributed by atoms with Crippen LogP contribution in [0.15, 0.2) is 55.1 Å². The molecule has 3 rings (SSSR count). The highest BCUT2D eigenvalue weighted by atomic mass is 16.2. The second-order valence-corrected chi connectivity index (χ2v) is 6.56. The number of amides is 1. The van der Waals surface area contributed by atoms with Gasteiger partial charge in [-0.2, -0.15) is 0 Å². The molecule has 0 radical (unpaired) electrons. The molecule has 2 aromatic heterocycles. The van der Waals surface area contributed by atoms with Gasteiger partial charge in [0.15, 0.2) is 0 Å². The molecule has 0 spiro atoms. The number of hydrogen-bond donors (Lipinski definition) is 1. The Kier molecular flexibility index (Phi) is 5.76. The molecule has 0 aliphatic rings. The predicted molar refractivity (Wildman–Crippen MR) is 106 cm³/mol. The monoisotopic (exact) mass is 361 g/mol. The molecule has 0 atom stereocenters. The third-order valence-electron chi connectivity index (χ3n) is 4.36. The van der Waals surface area contributed by atoms with Crippen LogP contribution in [0.25, 0.3) is 0 Å². The van der Waals surface area contributed by atoms with Crippen LogP contribution in [0.4, 0.5) is 11.5 Å². The van der Waals surface area contributed by atoms with Crippen LogP contribution in [0.5, 0.6) is 0 Å². The van der Waals surface area contributed by atoms with Crippen LogP contribution in [-0.4, -0.2) is 39.4 Å². The molecule has 0 saturated carbocycles. The fourth-order valence-electron chi connectivity index (χ4n) is 2.78. The fraction of sp³-hybridized carbons (Fsp3) is 0.238. The first-order chi connectivity index (χ1) is 13.0. The number of anilines is 2. The quantitative estimate of drug-likeness (QED) is 0.727. The van der Waals surface area contributed by atoms with Crippen LogP contribution < -0.4 is 5.32 Å². The van der Waals surface area contributed by atoms with Crippen LogP contribution in [0, 0.1) is 13.8 Å². The van der Waals surface area contributed by atoms with Crippen LogP contribution in [0.1, 0.15) is 27.2 Å². The standard InChI is InChI=1S/C21H23N5O/c1-15-4-5-18(16(2)12-15)25-20-13-19(23-14-24-20)21(27)26(3)11-8-17-6-9-22-10-7-17/h4-7,9-10,12-14H,8,11H2,1-3H3,(H,23,24,25). The molecule has 0 aliphatic carbocycles. The van der Waals surface area contributed by atoms with Crippen molar-refractivity contribution < 1.29 is 4.79 Å². The Balaban J connectivity index is 1.67. The lowest BCUT2D eigenvalue weighted by Gasteiger charge is -2.17. The van der Waals surface area contributed by atoms with E-state index in [1.165, 1.54) is 11.9 Å². The average Bonchev–Trinajstić information content (AvgIpc) is 2.69. The number of likely N-dealkylation sites (N-methyl/N-ethyl adjacent to an activating group) is 1. The summed E-state index contributed by atoms with van der Waals surface area (Å²) in [5.74, 6) is 0.470.